The lowest BCUT2D eigenvalue weighted by Crippen LogP contribution is -2.38. The predicted molar refractivity (Wildman–Crippen MR) is 135 cm³/mol. The van der Waals surface area contributed by atoms with Crippen molar-refractivity contribution in [3.8, 4) is 23.0 Å². The number of nitrogens with zero attached hydrogens (tertiary/aromatic N) is 1. The van der Waals surface area contributed by atoms with Crippen LogP contribution in [0.5, 0.6) is 11.5 Å². The van der Waals surface area contributed by atoms with Crippen LogP contribution in [-0.4, -0.2) is 17.2 Å². The van der Waals surface area contributed by atoms with Gasteiger partial charge in [-0.1, -0.05) is 42.5 Å². The number of nitrogens with one attached hydrogen (secondary N) is 1. The molecule has 6 heteroatoms. The highest BCUT2D eigenvalue weighted by molar-refractivity contribution is 5.94. The van der Waals surface area contributed by atoms with E-state index in [-0.39, 0.29) is 0 Å². The van der Waals surface area contributed by atoms with E-state index in [0.717, 1.165) is 27.8 Å². The number of aryl methyl sites for hydroxylation is 2. The number of fused-ring (bicyclic) bond motifs is 1. The van der Waals surface area contributed by atoms with E-state index in [1.54, 1.807) is 30.3 Å². The van der Waals surface area contributed by atoms with Crippen LogP contribution in [-0.2, 0) is 4.79 Å². The number of ether oxygens (including phenoxy) is 2. The Kier molecular flexibility index (Phi) is 6.18. The molecule has 0 saturated heterocycles. The van der Waals surface area contributed by atoms with Crippen molar-refractivity contribution in [3.63, 3.8) is 0 Å². The molecule has 1 aromatic heterocycles. The van der Waals surface area contributed by atoms with Crippen molar-refractivity contribution in [1.82, 2.24) is 4.98 Å². The Morgan fingerprint density at radius 2 is 1.43 bits per heavy atom. The van der Waals surface area contributed by atoms with E-state index in [9.17, 15) is 4.79 Å². The smallest absolute Gasteiger partial charge is 0.321 e. The van der Waals surface area contributed by atoms with Crippen LogP contribution in [0.25, 0.3) is 22.6 Å². The summed E-state index contributed by atoms with van der Waals surface area (Å²) >= 11 is 0. The SMILES string of the molecule is Cc1cc2nc(-c3cccc(NC(=O)C(Oc4ccccc4)Oc4ccccc4)c3)oc2cc1C. The molecule has 0 fully saturated rings. The predicted octanol–water partition coefficient (Wildman–Crippen LogP) is 6.53. The van der Waals surface area contributed by atoms with Gasteiger partial charge in [0.15, 0.2) is 5.58 Å². The summed E-state index contributed by atoms with van der Waals surface area (Å²) in [6.07, 6.45) is -1.20. The molecule has 174 valence electrons. The summed E-state index contributed by atoms with van der Waals surface area (Å²) in [4.78, 5) is 17.8. The van der Waals surface area contributed by atoms with Gasteiger partial charge in [0.2, 0.25) is 5.89 Å². The standard InChI is InChI=1S/C29H24N2O4/c1-19-16-25-26(17-20(19)2)35-28(31-25)21-10-9-11-22(18-21)30-27(32)29(33-23-12-5-3-6-13-23)34-24-14-7-4-8-15-24/h3-18,29H,1-2H3,(H,30,32). The number of carbonyl (C=O) groups excluding carboxylic acids is 1. The number of oxazole rings is 1. The summed E-state index contributed by atoms with van der Waals surface area (Å²) in [6.45, 7) is 4.09. The molecule has 0 aliphatic heterocycles. The van der Waals surface area contributed by atoms with Gasteiger partial charge in [-0.05, 0) is 79.6 Å². The fourth-order valence-corrected chi connectivity index (χ4v) is 3.61. The summed E-state index contributed by atoms with van der Waals surface area (Å²) < 4.78 is 17.7. The van der Waals surface area contributed by atoms with Crippen molar-refractivity contribution in [2.75, 3.05) is 5.32 Å². The fraction of sp³-hybridized carbons (Fsp3) is 0.103. The number of benzene rings is 4. The second-order valence-electron chi connectivity index (χ2n) is 8.19. The van der Waals surface area contributed by atoms with E-state index < -0.39 is 12.2 Å². The number of aromatic nitrogens is 1. The highest BCUT2D eigenvalue weighted by Gasteiger charge is 2.23. The molecule has 35 heavy (non-hydrogen) atoms. The average Bonchev–Trinajstić information content (AvgIpc) is 3.28. The highest BCUT2D eigenvalue weighted by Crippen LogP contribution is 2.28. The lowest BCUT2D eigenvalue weighted by Gasteiger charge is -2.20. The minimum atomic E-state index is -1.20. The maximum Gasteiger partial charge on any atom is 0.321 e. The number of carbonyl (C=O) groups is 1. The van der Waals surface area contributed by atoms with Crippen molar-refractivity contribution >= 4 is 22.7 Å². The Bertz CT molecular complexity index is 1380. The molecule has 1 amide bonds. The second kappa shape index (κ2) is 9.73. The molecule has 6 nitrogen and oxygen atoms in total. The third-order valence-electron chi connectivity index (χ3n) is 5.57. The number of amides is 1. The molecule has 4 aromatic carbocycles. The Morgan fingerprint density at radius 1 is 0.800 bits per heavy atom. The van der Waals surface area contributed by atoms with Crippen LogP contribution < -0.4 is 14.8 Å². The molecule has 0 bridgehead atoms. The van der Waals surface area contributed by atoms with Crippen molar-refractivity contribution in [3.05, 3.63) is 108 Å². The number of hydrogen-bond acceptors (Lipinski definition) is 5. The van der Waals surface area contributed by atoms with Crippen molar-refractivity contribution in [2.45, 2.75) is 20.1 Å². The van der Waals surface area contributed by atoms with E-state index in [0.29, 0.717) is 23.1 Å². The molecule has 0 spiro atoms. The summed E-state index contributed by atoms with van der Waals surface area (Å²) in [5.74, 6) is 1.08. The maximum atomic E-state index is 13.2. The summed E-state index contributed by atoms with van der Waals surface area (Å²) in [5, 5.41) is 2.89. The molecular weight excluding hydrogens is 440 g/mol. The van der Waals surface area contributed by atoms with Crippen LogP contribution >= 0.6 is 0 Å². The largest absolute Gasteiger partial charge is 0.446 e. The van der Waals surface area contributed by atoms with Crippen molar-refractivity contribution < 1.29 is 18.7 Å². The first kappa shape index (κ1) is 22.2. The zero-order valence-corrected chi connectivity index (χ0v) is 19.4. The van der Waals surface area contributed by atoms with Gasteiger partial charge in [0, 0.05) is 11.3 Å². The third kappa shape index (κ3) is 5.17. The van der Waals surface area contributed by atoms with E-state index in [1.807, 2.05) is 80.6 Å². The van der Waals surface area contributed by atoms with Crippen LogP contribution in [0.1, 0.15) is 11.1 Å². The molecule has 0 unspecified atom stereocenters. The summed E-state index contributed by atoms with van der Waals surface area (Å²) in [5.41, 5.74) is 5.14. The molecule has 0 saturated carbocycles. The quantitative estimate of drug-likeness (QED) is 0.277. The van der Waals surface area contributed by atoms with E-state index in [4.69, 9.17) is 13.9 Å². The van der Waals surface area contributed by atoms with E-state index in [1.165, 1.54) is 0 Å². The highest BCUT2D eigenvalue weighted by atomic mass is 16.7. The first-order valence-electron chi connectivity index (χ1n) is 11.3. The molecule has 0 radical (unpaired) electrons. The van der Waals surface area contributed by atoms with Crippen LogP contribution in [0, 0.1) is 13.8 Å². The number of rotatable bonds is 7. The third-order valence-corrected chi connectivity index (χ3v) is 5.57. The molecule has 0 aliphatic rings. The van der Waals surface area contributed by atoms with E-state index in [2.05, 4.69) is 10.3 Å². The van der Waals surface area contributed by atoms with E-state index >= 15 is 0 Å². The Hall–Kier alpha value is -4.58. The zero-order chi connectivity index (χ0) is 24.2. The minimum Gasteiger partial charge on any atom is -0.446 e. The van der Waals surface area contributed by atoms with Gasteiger partial charge in [-0.2, -0.15) is 0 Å². The zero-order valence-electron chi connectivity index (χ0n) is 19.4. The molecule has 5 aromatic rings. The van der Waals surface area contributed by atoms with Gasteiger partial charge in [-0.25, -0.2) is 4.98 Å². The molecular formula is C29H24N2O4. The Morgan fingerprint density at radius 3 is 2.09 bits per heavy atom. The van der Waals surface area contributed by atoms with Gasteiger partial charge in [0.1, 0.15) is 17.0 Å². The van der Waals surface area contributed by atoms with Crippen molar-refractivity contribution in [1.29, 1.82) is 0 Å². The van der Waals surface area contributed by atoms with Crippen LogP contribution in [0.2, 0.25) is 0 Å². The molecule has 0 aliphatic carbocycles. The number of hydrogen-bond donors (Lipinski definition) is 1. The summed E-state index contributed by atoms with van der Waals surface area (Å²) in [7, 11) is 0. The molecule has 0 atom stereocenters. The second-order valence-corrected chi connectivity index (χ2v) is 8.19. The average molecular weight is 465 g/mol. The lowest BCUT2D eigenvalue weighted by molar-refractivity contribution is -0.134. The normalized spacial score (nSPS) is 10.9. The number of para-hydroxylation sites is 2. The van der Waals surface area contributed by atoms with Gasteiger partial charge < -0.3 is 19.2 Å². The van der Waals surface area contributed by atoms with Gasteiger partial charge in [-0.3, -0.25) is 4.79 Å². The summed E-state index contributed by atoms with van der Waals surface area (Å²) in [6, 6.07) is 29.5. The molecule has 5 rings (SSSR count). The molecule has 1 N–H and O–H groups in total. The fourth-order valence-electron chi connectivity index (χ4n) is 3.61. The first-order chi connectivity index (χ1) is 17.0. The van der Waals surface area contributed by atoms with Gasteiger partial charge in [-0.15, -0.1) is 0 Å². The first-order valence-corrected chi connectivity index (χ1v) is 11.3. The van der Waals surface area contributed by atoms with Gasteiger partial charge >= 0.3 is 12.2 Å². The van der Waals surface area contributed by atoms with Crippen LogP contribution in [0.4, 0.5) is 5.69 Å². The Labute approximate surface area is 203 Å². The maximum absolute atomic E-state index is 13.2. The molecule has 1 heterocycles. The monoisotopic (exact) mass is 464 g/mol. The topological polar surface area (TPSA) is 73.6 Å². The minimum absolute atomic E-state index is 0.446. The lowest BCUT2D eigenvalue weighted by atomic mass is 10.1. The van der Waals surface area contributed by atoms with Gasteiger partial charge in [0.05, 0.1) is 0 Å². The van der Waals surface area contributed by atoms with Crippen LogP contribution in [0.3, 0.4) is 0 Å². The number of anilines is 1. The van der Waals surface area contributed by atoms with Crippen LogP contribution in [0.15, 0.2) is 101 Å². The van der Waals surface area contributed by atoms with Crippen molar-refractivity contribution in [2.24, 2.45) is 0 Å². The Balaban J connectivity index is 1.38. The van der Waals surface area contributed by atoms with Gasteiger partial charge in [0.25, 0.3) is 0 Å².